The van der Waals surface area contributed by atoms with Crippen LogP contribution >= 0.6 is 0 Å². The highest BCUT2D eigenvalue weighted by Gasteiger charge is 2.86. The molecule has 5 nitrogen and oxygen atoms in total. The molecule has 0 aromatic rings. The summed E-state index contributed by atoms with van der Waals surface area (Å²) in [6.07, 6.45) is 9.97. The largest absolute Gasteiger partial charge is 0.481 e. The fourth-order valence-corrected chi connectivity index (χ4v) is 12.2. The normalized spacial score (nSPS) is 62.0. The molecule has 6 aliphatic rings. The molecule has 6 aliphatic carbocycles. The van der Waals surface area contributed by atoms with E-state index in [1.54, 1.807) is 0 Å². The van der Waals surface area contributed by atoms with Crippen molar-refractivity contribution in [2.75, 3.05) is 0 Å². The number of hydrogen-bond acceptors (Lipinski definition) is 4. The molecule has 0 bridgehead atoms. The van der Waals surface area contributed by atoms with E-state index >= 15 is 0 Å². The Balaban J connectivity index is 1.50. The van der Waals surface area contributed by atoms with Gasteiger partial charge in [-0.15, -0.1) is 0 Å². The Kier molecular flexibility index (Phi) is 4.58. The van der Waals surface area contributed by atoms with Gasteiger partial charge in [0.25, 0.3) is 0 Å². The van der Waals surface area contributed by atoms with Crippen LogP contribution in [-0.4, -0.2) is 44.2 Å². The van der Waals surface area contributed by atoms with Crippen molar-refractivity contribution in [1.82, 2.24) is 0 Å². The van der Waals surface area contributed by atoms with Gasteiger partial charge in [-0.25, -0.2) is 0 Å². The molecule has 0 amide bonds. The second-order valence-electron chi connectivity index (χ2n) is 15.2. The van der Waals surface area contributed by atoms with Crippen molar-refractivity contribution < 1.29 is 25.2 Å². The molecule has 5 fully saturated rings. The maximum absolute atomic E-state index is 12.9. The third-order valence-electron chi connectivity index (χ3n) is 14.0. The minimum atomic E-state index is -1.01. The maximum atomic E-state index is 12.9. The first kappa shape index (κ1) is 24.4. The summed E-state index contributed by atoms with van der Waals surface area (Å²) in [5.41, 5.74) is -2.61. The predicted octanol–water partition coefficient (Wildman–Crippen LogP) is 4.79. The van der Waals surface area contributed by atoms with Gasteiger partial charge in [0.2, 0.25) is 0 Å². The lowest BCUT2D eigenvalue weighted by Gasteiger charge is -2.69. The molecular weight excluding hydrogens is 440 g/mol. The van der Waals surface area contributed by atoms with Crippen molar-refractivity contribution in [3.8, 4) is 0 Å². The van der Waals surface area contributed by atoms with E-state index in [9.17, 15) is 25.2 Å². The highest BCUT2D eigenvalue weighted by Crippen LogP contribution is 2.90. The van der Waals surface area contributed by atoms with Crippen LogP contribution in [0.5, 0.6) is 0 Å². The van der Waals surface area contributed by atoms with Crippen molar-refractivity contribution in [1.29, 1.82) is 0 Å². The SMILES string of the molecule is C[C@@H]1CC[C@]2(C(=O)O)CC[C@]34CC3(C=C[C@@H]3[C@@]5(C)C[C@@H](O)[C@H](O)C(C)(C)[C@@H]5CC[C@]34C)[C@@H]2[C@]1(C)O. The molecule has 0 saturated heterocycles. The van der Waals surface area contributed by atoms with Gasteiger partial charge in [0.05, 0.1) is 23.2 Å². The van der Waals surface area contributed by atoms with Crippen LogP contribution in [0.3, 0.4) is 0 Å². The molecule has 12 atom stereocenters. The third-order valence-corrected chi connectivity index (χ3v) is 14.0. The molecule has 196 valence electrons. The number of carboxylic acid groups (broad SMARTS) is 1. The Bertz CT molecular complexity index is 1000. The average Bonchev–Trinajstić information content (AvgIpc) is 3.45. The Morgan fingerprint density at radius 2 is 1.66 bits per heavy atom. The van der Waals surface area contributed by atoms with Gasteiger partial charge in [-0.2, -0.15) is 0 Å². The molecule has 35 heavy (non-hydrogen) atoms. The number of aliphatic hydroxyl groups is 3. The van der Waals surface area contributed by atoms with Crippen molar-refractivity contribution in [3.63, 3.8) is 0 Å². The molecule has 0 aromatic heterocycles. The molecule has 0 aromatic carbocycles. The predicted molar refractivity (Wildman–Crippen MR) is 133 cm³/mol. The molecule has 5 heteroatoms. The van der Waals surface area contributed by atoms with Gasteiger partial charge in [-0.05, 0) is 97.7 Å². The van der Waals surface area contributed by atoms with Gasteiger partial charge in [0, 0.05) is 11.3 Å². The van der Waals surface area contributed by atoms with Gasteiger partial charge in [0.15, 0.2) is 0 Å². The third kappa shape index (κ3) is 2.41. The zero-order valence-corrected chi connectivity index (χ0v) is 22.5. The van der Waals surface area contributed by atoms with Crippen LogP contribution in [-0.2, 0) is 4.79 Å². The molecule has 6 rings (SSSR count). The van der Waals surface area contributed by atoms with Crippen LogP contribution < -0.4 is 0 Å². The fourth-order valence-electron chi connectivity index (χ4n) is 12.2. The Morgan fingerprint density at radius 3 is 2.31 bits per heavy atom. The summed E-state index contributed by atoms with van der Waals surface area (Å²) in [4.78, 5) is 12.9. The molecule has 0 heterocycles. The molecule has 0 aliphatic heterocycles. The van der Waals surface area contributed by atoms with Gasteiger partial charge < -0.3 is 20.4 Å². The summed E-state index contributed by atoms with van der Waals surface area (Å²) < 4.78 is 0. The van der Waals surface area contributed by atoms with E-state index in [1.165, 1.54) is 0 Å². The van der Waals surface area contributed by atoms with Crippen molar-refractivity contribution >= 4 is 5.97 Å². The van der Waals surface area contributed by atoms with Gasteiger partial charge in [0.1, 0.15) is 0 Å². The lowest BCUT2D eigenvalue weighted by Crippen LogP contribution is -2.67. The summed E-state index contributed by atoms with van der Waals surface area (Å²) in [6.45, 7) is 13.1. The van der Waals surface area contributed by atoms with Crippen LogP contribution in [0.15, 0.2) is 12.2 Å². The van der Waals surface area contributed by atoms with Crippen molar-refractivity contribution in [2.45, 2.75) is 111 Å². The standard InChI is InChI=1S/C30H46O5/c1-17-7-11-28(23(33)34)13-14-30-16-29(30,22(28)27(17,6)35)12-9-20-25(4)15-18(31)21(32)24(2,3)19(25)8-10-26(20,30)5/h9,12,17-22,31-32,35H,7-8,10-11,13-16H2,1-6H3,(H,33,34)/t17-,18-,19+,20-,21+,22-,25+,26-,27-,28+,29?,30-/m1/s1. The zero-order chi connectivity index (χ0) is 25.6. The molecule has 4 N–H and O–H groups in total. The summed E-state index contributed by atoms with van der Waals surface area (Å²) in [7, 11) is 0. The minimum Gasteiger partial charge on any atom is -0.481 e. The first-order valence-electron chi connectivity index (χ1n) is 14.1. The smallest absolute Gasteiger partial charge is 0.310 e. The van der Waals surface area contributed by atoms with E-state index in [-0.39, 0.29) is 44.8 Å². The molecule has 1 unspecified atom stereocenters. The van der Waals surface area contributed by atoms with Crippen LogP contribution in [0.4, 0.5) is 0 Å². The summed E-state index contributed by atoms with van der Waals surface area (Å²) in [6, 6.07) is 0. The molecule has 5 saturated carbocycles. The topological polar surface area (TPSA) is 98.0 Å². The molecule has 0 spiro atoms. The first-order valence-corrected chi connectivity index (χ1v) is 14.1. The van der Waals surface area contributed by atoms with Crippen molar-refractivity contribution in [2.24, 2.45) is 56.2 Å². The zero-order valence-electron chi connectivity index (χ0n) is 22.5. The van der Waals surface area contributed by atoms with Gasteiger partial charge in [-0.3, -0.25) is 4.79 Å². The minimum absolute atomic E-state index is 0.00320. The summed E-state index contributed by atoms with van der Waals surface area (Å²) in [5, 5.41) is 44.4. The van der Waals surface area contributed by atoms with Crippen LogP contribution in [0.25, 0.3) is 0 Å². The lowest BCUT2D eigenvalue weighted by molar-refractivity contribution is -0.235. The number of allylic oxidation sites excluding steroid dienone is 2. The van der Waals surface area contributed by atoms with Gasteiger partial charge >= 0.3 is 5.97 Å². The van der Waals surface area contributed by atoms with E-state index < -0.39 is 29.2 Å². The number of aliphatic hydroxyl groups excluding tert-OH is 2. The van der Waals surface area contributed by atoms with E-state index in [1.807, 2.05) is 6.92 Å². The number of aliphatic carboxylic acids is 1. The second kappa shape index (κ2) is 6.56. The number of hydrogen-bond donors (Lipinski definition) is 4. The fraction of sp³-hybridized carbons (Fsp3) is 0.900. The number of carbonyl (C=O) groups is 1. The lowest BCUT2D eigenvalue weighted by atomic mass is 9.36. The summed E-state index contributed by atoms with van der Waals surface area (Å²) in [5.74, 6) is -0.319. The maximum Gasteiger partial charge on any atom is 0.310 e. The number of carboxylic acids is 1. The first-order chi connectivity index (χ1) is 16.1. The van der Waals surface area contributed by atoms with Crippen LogP contribution in [0.2, 0.25) is 0 Å². The quantitative estimate of drug-likeness (QED) is 0.400. The average molecular weight is 487 g/mol. The van der Waals surface area contributed by atoms with Gasteiger partial charge in [-0.1, -0.05) is 46.8 Å². The second-order valence-corrected chi connectivity index (χ2v) is 15.2. The van der Waals surface area contributed by atoms with E-state index in [0.717, 1.165) is 32.1 Å². The number of fused-ring (bicyclic) bond motifs is 4. The van der Waals surface area contributed by atoms with Crippen LogP contribution in [0.1, 0.15) is 92.9 Å². The monoisotopic (exact) mass is 486 g/mol. The number of rotatable bonds is 1. The Labute approximate surface area is 210 Å². The summed E-state index contributed by atoms with van der Waals surface area (Å²) >= 11 is 0. The highest BCUT2D eigenvalue weighted by molar-refractivity contribution is 5.77. The van der Waals surface area contributed by atoms with Crippen molar-refractivity contribution in [3.05, 3.63) is 12.2 Å². The van der Waals surface area contributed by atoms with E-state index in [0.29, 0.717) is 25.2 Å². The Hall–Kier alpha value is -0.910. The van der Waals surface area contributed by atoms with Crippen LogP contribution in [0, 0.1) is 56.2 Å². The highest BCUT2D eigenvalue weighted by atomic mass is 16.4. The van der Waals surface area contributed by atoms with E-state index in [2.05, 4.69) is 46.8 Å². The Morgan fingerprint density at radius 1 is 0.971 bits per heavy atom. The molecule has 0 radical (unpaired) electrons. The van der Waals surface area contributed by atoms with E-state index in [4.69, 9.17) is 0 Å². The molecular formula is C30H46O5.